The lowest BCUT2D eigenvalue weighted by Gasteiger charge is -2.08. The van der Waals surface area contributed by atoms with E-state index < -0.39 is 10.8 Å². The van der Waals surface area contributed by atoms with Crippen LogP contribution in [0.4, 0.5) is 10.1 Å². The average Bonchev–Trinajstić information content (AvgIpc) is 2.34. The number of hydrogen-bond acceptors (Lipinski definition) is 2. The summed E-state index contributed by atoms with van der Waals surface area (Å²) in [5.41, 5.74) is 7.88. The summed E-state index contributed by atoms with van der Waals surface area (Å²) < 4.78 is 26.1. The molecule has 0 amide bonds. The molecule has 0 radical (unpaired) electrons. The zero-order valence-electron chi connectivity index (χ0n) is 10.3. The molecule has 0 fully saturated rings. The number of halogens is 2. The van der Waals surface area contributed by atoms with Crippen molar-refractivity contribution in [1.82, 2.24) is 0 Å². The first-order valence-corrected chi connectivity index (χ1v) is 7.77. The highest BCUT2D eigenvalue weighted by molar-refractivity contribution is 9.10. The predicted molar refractivity (Wildman–Crippen MR) is 79.8 cm³/mol. The molecule has 0 saturated carbocycles. The number of rotatable bonds is 3. The Morgan fingerprint density at radius 3 is 2.74 bits per heavy atom. The summed E-state index contributed by atoms with van der Waals surface area (Å²) in [5.74, 6) is -0.0770. The fourth-order valence-electron chi connectivity index (χ4n) is 1.81. The Morgan fingerprint density at radius 2 is 2.05 bits per heavy atom. The molecule has 1 unspecified atom stereocenters. The molecular formula is C14H13BrFNOS. The molecule has 1 atom stereocenters. The molecule has 0 aliphatic rings. The Hall–Kier alpha value is -1.20. The summed E-state index contributed by atoms with van der Waals surface area (Å²) in [5, 5.41) is 0. The summed E-state index contributed by atoms with van der Waals surface area (Å²) in [7, 11) is -1.23. The van der Waals surface area contributed by atoms with Crippen molar-refractivity contribution in [1.29, 1.82) is 0 Å². The van der Waals surface area contributed by atoms with Crippen molar-refractivity contribution >= 4 is 32.4 Å². The number of anilines is 1. The first-order chi connectivity index (χ1) is 8.99. The topological polar surface area (TPSA) is 43.1 Å². The first kappa shape index (κ1) is 14.2. The molecule has 100 valence electrons. The van der Waals surface area contributed by atoms with Gasteiger partial charge < -0.3 is 5.73 Å². The van der Waals surface area contributed by atoms with Gasteiger partial charge in [-0.2, -0.15) is 0 Å². The van der Waals surface area contributed by atoms with Crippen molar-refractivity contribution in [3.63, 3.8) is 0 Å². The predicted octanol–water partition coefficient (Wildman–Crippen LogP) is 3.79. The van der Waals surface area contributed by atoms with E-state index in [4.69, 9.17) is 5.73 Å². The quantitative estimate of drug-likeness (QED) is 0.863. The highest BCUT2D eigenvalue weighted by atomic mass is 79.9. The monoisotopic (exact) mass is 341 g/mol. The smallest absolute Gasteiger partial charge is 0.137 e. The maximum Gasteiger partial charge on any atom is 0.137 e. The summed E-state index contributed by atoms with van der Waals surface area (Å²) in [4.78, 5) is 0.727. The van der Waals surface area contributed by atoms with Crippen LogP contribution < -0.4 is 5.73 Å². The molecule has 2 nitrogen and oxygen atoms in total. The van der Waals surface area contributed by atoms with E-state index in [0.29, 0.717) is 15.7 Å². The van der Waals surface area contributed by atoms with Crippen LogP contribution in [0.25, 0.3) is 0 Å². The van der Waals surface area contributed by atoms with Crippen LogP contribution in [0, 0.1) is 12.7 Å². The van der Waals surface area contributed by atoms with Crippen molar-refractivity contribution < 1.29 is 8.60 Å². The largest absolute Gasteiger partial charge is 0.399 e. The van der Waals surface area contributed by atoms with Gasteiger partial charge >= 0.3 is 0 Å². The van der Waals surface area contributed by atoms with E-state index in [0.717, 1.165) is 10.5 Å². The molecule has 2 N–H and O–H groups in total. The highest BCUT2D eigenvalue weighted by Crippen LogP contribution is 2.25. The van der Waals surface area contributed by atoms with Gasteiger partial charge in [-0.05, 0) is 58.2 Å². The first-order valence-electron chi connectivity index (χ1n) is 5.66. The number of benzene rings is 2. The molecule has 5 heteroatoms. The molecule has 19 heavy (non-hydrogen) atoms. The van der Waals surface area contributed by atoms with Gasteiger partial charge in [0.2, 0.25) is 0 Å². The fourth-order valence-corrected chi connectivity index (χ4v) is 3.71. The van der Waals surface area contributed by atoms with E-state index in [9.17, 15) is 8.60 Å². The summed E-state index contributed by atoms with van der Waals surface area (Å²) in [6.07, 6.45) is 0. The van der Waals surface area contributed by atoms with Crippen molar-refractivity contribution in [3.8, 4) is 0 Å². The van der Waals surface area contributed by atoms with Gasteiger partial charge in [0.25, 0.3) is 0 Å². The summed E-state index contributed by atoms with van der Waals surface area (Å²) >= 11 is 3.18. The van der Waals surface area contributed by atoms with Crippen LogP contribution in [0.15, 0.2) is 45.8 Å². The minimum Gasteiger partial charge on any atom is -0.399 e. The lowest BCUT2D eigenvalue weighted by Crippen LogP contribution is -2.01. The number of nitrogens with two attached hydrogens (primary N) is 1. The Balaban J connectivity index is 2.28. The normalized spacial score (nSPS) is 12.4. The van der Waals surface area contributed by atoms with Crippen LogP contribution in [-0.2, 0) is 16.6 Å². The van der Waals surface area contributed by atoms with Crippen LogP contribution in [0.2, 0.25) is 0 Å². The Bertz CT molecular complexity index is 645. The van der Waals surface area contributed by atoms with Crippen LogP contribution in [0.1, 0.15) is 11.1 Å². The number of hydrogen-bond donors (Lipinski definition) is 1. The molecule has 0 aromatic heterocycles. The molecule has 0 heterocycles. The summed E-state index contributed by atoms with van der Waals surface area (Å²) in [6.45, 7) is 1.87. The molecule has 2 rings (SSSR count). The maximum absolute atomic E-state index is 13.4. The fraction of sp³-hybridized carbons (Fsp3) is 0.143. The molecule has 2 aromatic rings. The molecular weight excluding hydrogens is 329 g/mol. The van der Waals surface area contributed by atoms with Crippen molar-refractivity contribution in [2.24, 2.45) is 0 Å². The zero-order valence-corrected chi connectivity index (χ0v) is 12.7. The van der Waals surface area contributed by atoms with Crippen LogP contribution in [0.3, 0.4) is 0 Å². The van der Waals surface area contributed by atoms with Crippen LogP contribution in [0.5, 0.6) is 0 Å². The minimum atomic E-state index is -1.23. The van der Waals surface area contributed by atoms with Crippen LogP contribution >= 0.6 is 15.9 Å². The lowest BCUT2D eigenvalue weighted by molar-refractivity contribution is 0.619. The minimum absolute atomic E-state index is 0.267. The van der Waals surface area contributed by atoms with Gasteiger partial charge in [-0.3, -0.25) is 4.21 Å². The Labute approximate surface area is 122 Å². The average molecular weight is 342 g/mol. The van der Waals surface area contributed by atoms with E-state index in [1.165, 1.54) is 6.07 Å². The number of nitrogen functional groups attached to an aromatic ring is 1. The van der Waals surface area contributed by atoms with Gasteiger partial charge in [0.15, 0.2) is 0 Å². The van der Waals surface area contributed by atoms with Crippen molar-refractivity contribution in [2.75, 3.05) is 5.73 Å². The third kappa shape index (κ3) is 3.22. The van der Waals surface area contributed by atoms with E-state index in [1.54, 1.807) is 30.3 Å². The molecule has 0 aliphatic heterocycles. The SMILES string of the molecule is Cc1cc(N)ccc1S(=O)Cc1cccc(F)c1Br. The van der Waals surface area contributed by atoms with Gasteiger partial charge in [0, 0.05) is 10.6 Å². The molecule has 0 bridgehead atoms. The van der Waals surface area contributed by atoms with Gasteiger partial charge in [-0.25, -0.2) is 4.39 Å². The van der Waals surface area contributed by atoms with E-state index >= 15 is 0 Å². The van der Waals surface area contributed by atoms with Crippen LogP contribution in [-0.4, -0.2) is 4.21 Å². The van der Waals surface area contributed by atoms with Gasteiger partial charge in [0.1, 0.15) is 5.82 Å². The second-order valence-electron chi connectivity index (χ2n) is 4.23. The Kier molecular flexibility index (Phi) is 4.37. The van der Waals surface area contributed by atoms with Gasteiger partial charge in [-0.15, -0.1) is 0 Å². The van der Waals surface area contributed by atoms with Crippen molar-refractivity contribution in [3.05, 3.63) is 57.8 Å². The van der Waals surface area contributed by atoms with E-state index in [-0.39, 0.29) is 11.6 Å². The van der Waals surface area contributed by atoms with Gasteiger partial charge in [0.05, 0.1) is 21.0 Å². The maximum atomic E-state index is 13.4. The number of aryl methyl sites for hydroxylation is 1. The third-order valence-electron chi connectivity index (χ3n) is 2.76. The summed E-state index contributed by atoms with van der Waals surface area (Å²) in [6, 6.07) is 10.0. The molecule has 0 spiro atoms. The third-order valence-corrected chi connectivity index (χ3v) is 5.17. The molecule has 0 aliphatic carbocycles. The lowest BCUT2D eigenvalue weighted by atomic mass is 10.2. The zero-order chi connectivity index (χ0) is 14.0. The second kappa shape index (κ2) is 5.84. The highest BCUT2D eigenvalue weighted by Gasteiger charge is 2.12. The van der Waals surface area contributed by atoms with E-state index in [2.05, 4.69) is 15.9 Å². The van der Waals surface area contributed by atoms with Crippen molar-refractivity contribution in [2.45, 2.75) is 17.6 Å². The molecule has 0 saturated heterocycles. The Morgan fingerprint density at radius 1 is 1.32 bits per heavy atom. The van der Waals surface area contributed by atoms with Gasteiger partial charge in [-0.1, -0.05) is 12.1 Å². The standard InChI is InChI=1S/C14H13BrFNOS/c1-9-7-11(17)5-6-13(9)19(18)8-10-3-2-4-12(16)14(10)15/h2-7H,8,17H2,1H3. The van der Waals surface area contributed by atoms with E-state index in [1.807, 2.05) is 6.92 Å². The second-order valence-corrected chi connectivity index (χ2v) is 6.44. The molecule has 2 aromatic carbocycles.